The number of hydrogen-bond donors (Lipinski definition) is 2. The van der Waals surface area contributed by atoms with E-state index >= 15 is 0 Å². The molecule has 1 aromatic carbocycles. The lowest BCUT2D eigenvalue weighted by molar-refractivity contribution is 0.380. The van der Waals surface area contributed by atoms with Crippen molar-refractivity contribution in [1.82, 2.24) is 24.9 Å². The van der Waals surface area contributed by atoms with Gasteiger partial charge in [0.1, 0.15) is 11.6 Å². The van der Waals surface area contributed by atoms with Gasteiger partial charge in [-0.25, -0.2) is 19.3 Å². The summed E-state index contributed by atoms with van der Waals surface area (Å²) >= 11 is 6.02. The number of nitrogens with zero attached hydrogens (tertiary/aromatic N) is 5. The number of nitrogens with two attached hydrogens (primary N) is 1. The third kappa shape index (κ3) is 4.73. The predicted molar refractivity (Wildman–Crippen MR) is 121 cm³/mol. The van der Waals surface area contributed by atoms with Crippen molar-refractivity contribution in [3.63, 3.8) is 0 Å². The summed E-state index contributed by atoms with van der Waals surface area (Å²) in [5.74, 6) is 0.0229. The largest absolute Gasteiger partial charge is 0.467 e. The molecular weight excluding hydrogens is 433 g/mol. The maximum Gasteiger partial charge on any atom is 0.316 e. The van der Waals surface area contributed by atoms with Crippen molar-refractivity contribution in [3.8, 4) is 28.4 Å². The first-order chi connectivity index (χ1) is 15.5. The Bertz CT molecular complexity index is 1220. The van der Waals surface area contributed by atoms with E-state index in [1.165, 1.54) is 19.2 Å². The number of halogens is 2. The Balaban J connectivity index is 1.78. The van der Waals surface area contributed by atoms with Crippen LogP contribution in [-0.2, 0) is 6.42 Å². The van der Waals surface area contributed by atoms with Crippen molar-refractivity contribution in [3.05, 3.63) is 71.5 Å². The highest BCUT2D eigenvalue weighted by Gasteiger charge is 2.19. The van der Waals surface area contributed by atoms with Crippen LogP contribution >= 0.6 is 11.6 Å². The predicted octanol–water partition coefficient (Wildman–Crippen LogP) is 4.03. The number of rotatable bonds is 7. The van der Waals surface area contributed by atoms with Crippen LogP contribution in [-0.4, -0.2) is 38.6 Å². The summed E-state index contributed by atoms with van der Waals surface area (Å²) in [5, 5.41) is 3.29. The van der Waals surface area contributed by atoms with Gasteiger partial charge in [0.2, 0.25) is 5.95 Å². The number of nitrogens with one attached hydrogen (secondary N) is 1. The monoisotopic (exact) mass is 451 g/mol. The van der Waals surface area contributed by atoms with Crippen LogP contribution in [0.2, 0.25) is 5.02 Å². The van der Waals surface area contributed by atoms with Crippen molar-refractivity contribution in [2.45, 2.75) is 6.42 Å². The molecule has 0 fully saturated rings. The first-order valence-corrected chi connectivity index (χ1v) is 10.0. The highest BCUT2D eigenvalue weighted by atomic mass is 35.5. The minimum atomic E-state index is -0.526. The van der Waals surface area contributed by atoms with Crippen LogP contribution in [0.4, 0.5) is 16.2 Å². The molecule has 0 spiro atoms. The van der Waals surface area contributed by atoms with Crippen LogP contribution in [0.3, 0.4) is 0 Å². The molecule has 10 heteroatoms. The van der Waals surface area contributed by atoms with E-state index in [2.05, 4.69) is 30.2 Å². The maximum atomic E-state index is 13.8. The lowest BCUT2D eigenvalue weighted by Crippen LogP contribution is -2.11. The molecule has 0 amide bonds. The molecule has 0 aliphatic heterocycles. The molecule has 0 bridgehead atoms. The number of benzene rings is 1. The fraction of sp³-hybridized carbons (Fsp3) is 0.136. The van der Waals surface area contributed by atoms with Gasteiger partial charge in [-0.1, -0.05) is 17.7 Å². The van der Waals surface area contributed by atoms with Crippen LogP contribution < -0.4 is 15.8 Å². The highest BCUT2D eigenvalue weighted by molar-refractivity contribution is 6.31. The molecule has 0 aliphatic carbocycles. The maximum absolute atomic E-state index is 13.8. The molecule has 4 aromatic rings. The first-order valence-electron chi connectivity index (χ1n) is 9.67. The van der Waals surface area contributed by atoms with Crippen LogP contribution in [0.5, 0.6) is 6.01 Å². The summed E-state index contributed by atoms with van der Waals surface area (Å²) in [6.07, 6.45) is 7.45. The van der Waals surface area contributed by atoms with Crippen LogP contribution in [0.15, 0.2) is 55.1 Å². The SMILES string of the molecule is COc1ncc(-c2c(NCCc3cccnc3)nc(N)nc2-c2ccc(F)c(Cl)c2)cn1. The van der Waals surface area contributed by atoms with E-state index in [9.17, 15) is 4.39 Å². The van der Waals surface area contributed by atoms with E-state index in [-0.39, 0.29) is 17.0 Å². The summed E-state index contributed by atoms with van der Waals surface area (Å²) in [5.41, 5.74) is 9.36. The lowest BCUT2D eigenvalue weighted by atomic mass is 10.0. The Morgan fingerprint density at radius 2 is 1.91 bits per heavy atom. The van der Waals surface area contributed by atoms with Gasteiger partial charge in [-0.3, -0.25) is 4.98 Å². The third-order valence-electron chi connectivity index (χ3n) is 4.65. The fourth-order valence-corrected chi connectivity index (χ4v) is 3.33. The number of nitrogen functional groups attached to an aromatic ring is 1. The van der Waals surface area contributed by atoms with Crippen molar-refractivity contribution < 1.29 is 9.13 Å². The molecular formula is C22H19ClFN7O. The van der Waals surface area contributed by atoms with Crippen molar-refractivity contribution in [2.24, 2.45) is 0 Å². The molecule has 8 nitrogen and oxygen atoms in total. The number of aromatic nitrogens is 5. The second-order valence-electron chi connectivity index (χ2n) is 6.78. The fourth-order valence-electron chi connectivity index (χ4n) is 3.15. The quantitative estimate of drug-likeness (QED) is 0.433. The van der Waals surface area contributed by atoms with Crippen molar-refractivity contribution in [2.75, 3.05) is 24.7 Å². The topological polar surface area (TPSA) is 112 Å². The van der Waals surface area contributed by atoms with Gasteiger partial charge in [0.05, 0.1) is 23.4 Å². The van der Waals surface area contributed by atoms with Gasteiger partial charge < -0.3 is 15.8 Å². The number of hydrogen-bond acceptors (Lipinski definition) is 8. The number of pyridine rings is 1. The zero-order valence-electron chi connectivity index (χ0n) is 17.1. The average Bonchev–Trinajstić information content (AvgIpc) is 2.81. The zero-order chi connectivity index (χ0) is 22.5. The third-order valence-corrected chi connectivity index (χ3v) is 4.94. The van der Waals surface area contributed by atoms with E-state index in [1.54, 1.807) is 30.9 Å². The molecule has 162 valence electrons. The van der Waals surface area contributed by atoms with E-state index in [1.807, 2.05) is 12.1 Å². The molecule has 3 aromatic heterocycles. The summed E-state index contributed by atoms with van der Waals surface area (Å²) in [7, 11) is 1.48. The molecule has 3 heterocycles. The van der Waals surface area contributed by atoms with Gasteiger partial charge in [0.25, 0.3) is 0 Å². The Kier molecular flexibility index (Phi) is 6.37. The van der Waals surface area contributed by atoms with E-state index < -0.39 is 5.82 Å². The molecule has 3 N–H and O–H groups in total. The summed E-state index contributed by atoms with van der Waals surface area (Å²) in [4.78, 5) is 21.3. The van der Waals surface area contributed by atoms with Gasteiger partial charge in [-0.15, -0.1) is 0 Å². The summed E-state index contributed by atoms with van der Waals surface area (Å²) in [6, 6.07) is 8.45. The van der Waals surface area contributed by atoms with E-state index in [4.69, 9.17) is 22.1 Å². The van der Waals surface area contributed by atoms with Gasteiger partial charge in [0, 0.05) is 42.5 Å². The van der Waals surface area contributed by atoms with Gasteiger partial charge in [-0.05, 0) is 36.2 Å². The normalized spacial score (nSPS) is 10.7. The smallest absolute Gasteiger partial charge is 0.316 e. The molecule has 0 unspecified atom stereocenters. The molecule has 0 aliphatic rings. The Morgan fingerprint density at radius 3 is 2.59 bits per heavy atom. The Labute approximate surface area is 188 Å². The Hall–Kier alpha value is -3.85. The number of anilines is 2. The van der Waals surface area contributed by atoms with E-state index in [0.717, 1.165) is 5.56 Å². The Morgan fingerprint density at radius 1 is 1.09 bits per heavy atom. The molecule has 0 saturated heterocycles. The van der Waals surface area contributed by atoms with Gasteiger partial charge in [0.15, 0.2) is 0 Å². The van der Waals surface area contributed by atoms with Crippen LogP contribution in [0, 0.1) is 5.82 Å². The zero-order valence-corrected chi connectivity index (χ0v) is 17.8. The number of methoxy groups -OCH3 is 1. The number of ether oxygens (including phenoxy) is 1. The standard InChI is InChI=1S/C22H19ClFN7O/c1-32-22-28-11-15(12-29-22)18-19(14-4-5-17(24)16(23)9-14)30-21(25)31-20(18)27-8-6-13-3-2-7-26-10-13/h2-5,7,9-12H,6,8H2,1H3,(H3,25,27,30,31). The van der Waals surface area contributed by atoms with Crippen LogP contribution in [0.1, 0.15) is 5.56 Å². The average molecular weight is 452 g/mol. The van der Waals surface area contributed by atoms with Crippen LogP contribution in [0.25, 0.3) is 22.4 Å². The minimum Gasteiger partial charge on any atom is -0.467 e. The summed E-state index contributed by atoms with van der Waals surface area (Å²) in [6.45, 7) is 0.565. The second-order valence-corrected chi connectivity index (χ2v) is 7.19. The second kappa shape index (κ2) is 9.52. The lowest BCUT2D eigenvalue weighted by Gasteiger charge is -2.16. The highest BCUT2D eigenvalue weighted by Crippen LogP contribution is 2.37. The molecule has 4 rings (SSSR count). The first kappa shape index (κ1) is 21.4. The molecule has 32 heavy (non-hydrogen) atoms. The minimum absolute atomic E-state index is 0.0253. The van der Waals surface area contributed by atoms with Crippen molar-refractivity contribution >= 4 is 23.4 Å². The summed E-state index contributed by atoms with van der Waals surface area (Å²) < 4.78 is 18.8. The van der Waals surface area contributed by atoms with Gasteiger partial charge >= 0.3 is 6.01 Å². The van der Waals surface area contributed by atoms with Crippen molar-refractivity contribution in [1.29, 1.82) is 0 Å². The molecule has 0 radical (unpaired) electrons. The van der Waals surface area contributed by atoms with Gasteiger partial charge in [-0.2, -0.15) is 4.98 Å². The molecule has 0 saturated carbocycles. The van der Waals surface area contributed by atoms with E-state index in [0.29, 0.717) is 41.2 Å². The molecule has 0 atom stereocenters.